The molecule has 0 amide bonds. The summed E-state index contributed by atoms with van der Waals surface area (Å²) in [5.74, 6) is 0.467. The van der Waals surface area contributed by atoms with Gasteiger partial charge in [0.15, 0.2) is 17.6 Å². The minimum absolute atomic E-state index is 0.0977. The fraction of sp³-hybridized carbons (Fsp3) is 0.333. The van der Waals surface area contributed by atoms with Crippen LogP contribution in [0.1, 0.15) is 45.5 Å². The molecular formula is C18H19N3O3. The second kappa shape index (κ2) is 6.03. The average molecular weight is 325 g/mol. The van der Waals surface area contributed by atoms with Crippen molar-refractivity contribution in [1.29, 1.82) is 0 Å². The molecule has 0 aliphatic rings. The molecule has 0 aliphatic carbocycles. The molecule has 3 aromatic rings. The smallest absolute Gasteiger partial charge is 0.264 e. The summed E-state index contributed by atoms with van der Waals surface area (Å²) in [5.41, 5.74) is 1.36. The third-order valence-corrected chi connectivity index (χ3v) is 3.93. The molecule has 0 spiro atoms. The fourth-order valence-corrected chi connectivity index (χ4v) is 2.84. The summed E-state index contributed by atoms with van der Waals surface area (Å²) in [7, 11) is 0. The van der Waals surface area contributed by atoms with Gasteiger partial charge in [0.2, 0.25) is 5.89 Å². The summed E-state index contributed by atoms with van der Waals surface area (Å²) in [6.07, 6.45) is 0. The quantitative estimate of drug-likeness (QED) is 0.671. The van der Waals surface area contributed by atoms with Gasteiger partial charge in [-0.2, -0.15) is 0 Å². The zero-order chi connectivity index (χ0) is 17.4. The lowest BCUT2D eigenvalue weighted by molar-refractivity contribution is -0.129. The first-order chi connectivity index (χ1) is 11.4. The Kier molecular flexibility index (Phi) is 4.05. The van der Waals surface area contributed by atoms with Crippen molar-refractivity contribution in [2.24, 2.45) is 0 Å². The monoisotopic (exact) mass is 325 g/mol. The predicted molar refractivity (Wildman–Crippen MR) is 89.7 cm³/mol. The van der Waals surface area contributed by atoms with E-state index in [1.807, 2.05) is 44.2 Å². The molecule has 0 aliphatic heterocycles. The SMILES string of the molecule is CC(=O)C(C(C)=O)n1c(-c2nnc(C(C)C)o2)cc2ccccc21. The number of benzene rings is 1. The van der Waals surface area contributed by atoms with Crippen molar-refractivity contribution in [1.82, 2.24) is 14.8 Å². The van der Waals surface area contributed by atoms with Crippen molar-refractivity contribution < 1.29 is 14.0 Å². The van der Waals surface area contributed by atoms with Crippen LogP contribution in [0, 0.1) is 0 Å². The minimum atomic E-state index is -0.908. The molecule has 1 aromatic carbocycles. The van der Waals surface area contributed by atoms with Crippen LogP contribution in [-0.4, -0.2) is 26.3 Å². The van der Waals surface area contributed by atoms with Gasteiger partial charge in [-0.1, -0.05) is 32.0 Å². The number of rotatable bonds is 5. The summed E-state index contributed by atoms with van der Waals surface area (Å²) >= 11 is 0. The number of hydrogen-bond donors (Lipinski definition) is 0. The van der Waals surface area contributed by atoms with Gasteiger partial charge in [-0.15, -0.1) is 10.2 Å². The molecule has 124 valence electrons. The maximum Gasteiger partial charge on any atom is 0.264 e. The first-order valence-corrected chi connectivity index (χ1v) is 7.84. The van der Waals surface area contributed by atoms with Crippen LogP contribution < -0.4 is 0 Å². The standard InChI is InChI=1S/C18H19N3O3/c1-10(2)17-19-20-18(24-17)15-9-13-7-5-6-8-14(13)21(15)16(11(3)22)12(4)23/h5-10,16H,1-4H3. The highest BCUT2D eigenvalue weighted by Crippen LogP contribution is 2.32. The van der Waals surface area contributed by atoms with Gasteiger partial charge in [-0.05, 0) is 26.0 Å². The van der Waals surface area contributed by atoms with E-state index in [0.717, 1.165) is 10.9 Å². The highest BCUT2D eigenvalue weighted by molar-refractivity contribution is 6.04. The van der Waals surface area contributed by atoms with Crippen molar-refractivity contribution in [3.05, 3.63) is 36.2 Å². The van der Waals surface area contributed by atoms with E-state index in [9.17, 15) is 9.59 Å². The van der Waals surface area contributed by atoms with Crippen LogP contribution in [0.4, 0.5) is 0 Å². The number of carbonyl (C=O) groups is 2. The summed E-state index contributed by atoms with van der Waals surface area (Å²) in [5, 5.41) is 9.06. The lowest BCUT2D eigenvalue weighted by Gasteiger charge is -2.16. The normalized spacial score (nSPS) is 11.6. The number of para-hydroxylation sites is 1. The topological polar surface area (TPSA) is 78.0 Å². The molecule has 0 saturated heterocycles. The molecule has 3 rings (SSSR count). The molecule has 0 N–H and O–H groups in total. The highest BCUT2D eigenvalue weighted by atomic mass is 16.4. The van der Waals surface area contributed by atoms with Crippen molar-refractivity contribution in [2.45, 2.75) is 39.7 Å². The second-order valence-corrected chi connectivity index (χ2v) is 6.18. The molecule has 6 heteroatoms. The van der Waals surface area contributed by atoms with Gasteiger partial charge in [0.25, 0.3) is 5.89 Å². The molecule has 0 radical (unpaired) electrons. The first kappa shape index (κ1) is 16.1. The maximum atomic E-state index is 12.1. The fourth-order valence-electron chi connectivity index (χ4n) is 2.84. The average Bonchev–Trinajstić information content (AvgIpc) is 3.12. The Bertz CT molecular complexity index is 907. The Hall–Kier alpha value is -2.76. The molecule has 0 saturated carbocycles. The lowest BCUT2D eigenvalue weighted by Crippen LogP contribution is -2.24. The van der Waals surface area contributed by atoms with E-state index < -0.39 is 6.04 Å². The van der Waals surface area contributed by atoms with E-state index in [4.69, 9.17) is 4.42 Å². The van der Waals surface area contributed by atoms with Gasteiger partial charge in [-0.3, -0.25) is 9.59 Å². The summed E-state index contributed by atoms with van der Waals surface area (Å²) in [6, 6.07) is 8.53. The zero-order valence-corrected chi connectivity index (χ0v) is 14.1. The Morgan fingerprint density at radius 2 is 1.75 bits per heavy atom. The molecule has 24 heavy (non-hydrogen) atoms. The van der Waals surface area contributed by atoms with Crippen molar-refractivity contribution in [3.8, 4) is 11.6 Å². The molecule has 2 aromatic heterocycles. The Balaban J connectivity index is 2.28. The van der Waals surface area contributed by atoms with Crippen molar-refractivity contribution in [2.75, 3.05) is 0 Å². The molecule has 0 bridgehead atoms. The lowest BCUT2D eigenvalue weighted by atomic mass is 10.1. The van der Waals surface area contributed by atoms with Crippen LogP contribution in [-0.2, 0) is 9.59 Å². The van der Waals surface area contributed by atoms with Crippen LogP contribution in [0.15, 0.2) is 34.7 Å². The van der Waals surface area contributed by atoms with Gasteiger partial charge in [0.05, 0.1) is 0 Å². The number of Topliss-reactive ketones (excluding diaryl/α,β-unsaturated/α-hetero) is 2. The zero-order valence-electron chi connectivity index (χ0n) is 14.1. The van der Waals surface area contributed by atoms with Gasteiger partial charge < -0.3 is 8.98 Å². The third kappa shape index (κ3) is 2.64. The summed E-state index contributed by atoms with van der Waals surface area (Å²) in [4.78, 5) is 24.2. The van der Waals surface area contributed by atoms with Crippen molar-refractivity contribution >= 4 is 22.5 Å². The minimum Gasteiger partial charge on any atom is -0.419 e. The number of carbonyl (C=O) groups excluding carboxylic acids is 2. The van der Waals surface area contributed by atoms with Gasteiger partial charge in [0, 0.05) is 16.8 Å². The molecule has 6 nitrogen and oxygen atoms in total. The van der Waals surface area contributed by atoms with Gasteiger partial charge >= 0.3 is 0 Å². The van der Waals surface area contributed by atoms with E-state index in [-0.39, 0.29) is 17.5 Å². The Morgan fingerprint density at radius 1 is 1.08 bits per heavy atom. The van der Waals surface area contributed by atoms with E-state index in [2.05, 4.69) is 10.2 Å². The second-order valence-electron chi connectivity index (χ2n) is 6.18. The van der Waals surface area contributed by atoms with Crippen LogP contribution in [0.3, 0.4) is 0 Å². The number of nitrogens with zero attached hydrogens (tertiary/aromatic N) is 3. The van der Waals surface area contributed by atoms with Gasteiger partial charge in [0.1, 0.15) is 5.69 Å². The van der Waals surface area contributed by atoms with E-state index in [1.54, 1.807) is 4.57 Å². The van der Waals surface area contributed by atoms with Crippen LogP contribution >= 0.6 is 0 Å². The van der Waals surface area contributed by atoms with Crippen LogP contribution in [0.2, 0.25) is 0 Å². The predicted octanol–water partition coefficient (Wildman–Crippen LogP) is 3.53. The van der Waals surface area contributed by atoms with E-state index in [0.29, 0.717) is 17.5 Å². The van der Waals surface area contributed by atoms with Crippen molar-refractivity contribution in [3.63, 3.8) is 0 Å². The maximum absolute atomic E-state index is 12.1. The Labute approximate surface area is 139 Å². The number of hydrogen-bond acceptors (Lipinski definition) is 5. The Morgan fingerprint density at radius 3 is 2.33 bits per heavy atom. The molecule has 2 heterocycles. The molecular weight excluding hydrogens is 306 g/mol. The first-order valence-electron chi connectivity index (χ1n) is 7.84. The highest BCUT2D eigenvalue weighted by Gasteiger charge is 2.28. The van der Waals surface area contributed by atoms with Gasteiger partial charge in [-0.25, -0.2) is 0 Å². The summed E-state index contributed by atoms with van der Waals surface area (Å²) in [6.45, 7) is 6.75. The number of aromatic nitrogens is 3. The largest absolute Gasteiger partial charge is 0.419 e. The summed E-state index contributed by atoms with van der Waals surface area (Å²) < 4.78 is 7.44. The number of fused-ring (bicyclic) bond motifs is 1. The van der Waals surface area contributed by atoms with E-state index in [1.165, 1.54) is 13.8 Å². The molecule has 0 fully saturated rings. The number of ketones is 2. The van der Waals surface area contributed by atoms with E-state index >= 15 is 0 Å². The molecule has 0 atom stereocenters. The third-order valence-electron chi connectivity index (χ3n) is 3.93. The van der Waals surface area contributed by atoms with Crippen LogP contribution in [0.25, 0.3) is 22.5 Å². The van der Waals surface area contributed by atoms with Crippen LogP contribution in [0.5, 0.6) is 0 Å². The molecule has 0 unspecified atom stereocenters.